The van der Waals surface area contributed by atoms with Crippen LogP contribution in [0.15, 0.2) is 24.3 Å². The normalized spacial score (nSPS) is 22.2. The number of halogens is 1. The molecule has 6 heteroatoms. The zero-order valence-corrected chi connectivity index (χ0v) is 14.8. The Bertz CT molecular complexity index is 563. The topological polar surface area (TPSA) is 44.8 Å². The Hall–Kier alpha value is -1.50. The summed E-state index contributed by atoms with van der Waals surface area (Å²) in [5.41, 5.74) is 0.457. The van der Waals surface area contributed by atoms with Crippen LogP contribution in [0.2, 0.25) is 0 Å². The number of hydrogen-bond donors (Lipinski definition) is 1. The van der Waals surface area contributed by atoms with E-state index >= 15 is 0 Å². The lowest BCUT2D eigenvalue weighted by Gasteiger charge is -2.28. The molecular weight excluding hydrogens is 321 g/mol. The van der Waals surface area contributed by atoms with Crippen molar-refractivity contribution in [2.24, 2.45) is 5.92 Å². The van der Waals surface area contributed by atoms with Gasteiger partial charge in [-0.1, -0.05) is 18.2 Å². The van der Waals surface area contributed by atoms with E-state index < -0.39 is 0 Å². The second kappa shape index (κ2) is 9.27. The summed E-state index contributed by atoms with van der Waals surface area (Å²) in [4.78, 5) is 17.0. The molecule has 1 atom stereocenters. The molecule has 1 aromatic carbocycles. The third kappa shape index (κ3) is 5.76. The third-order valence-electron chi connectivity index (χ3n) is 5.10. The maximum atomic E-state index is 13.6. The van der Waals surface area contributed by atoms with Gasteiger partial charge in [0.05, 0.1) is 19.6 Å². The van der Waals surface area contributed by atoms with Crippen molar-refractivity contribution in [2.45, 2.75) is 12.8 Å². The van der Waals surface area contributed by atoms with Crippen LogP contribution < -0.4 is 5.32 Å². The molecule has 0 bridgehead atoms. The minimum Gasteiger partial charge on any atom is -0.379 e. The fraction of sp³-hybridized carbons (Fsp3) is 0.632. The zero-order valence-electron chi connectivity index (χ0n) is 14.8. The lowest BCUT2D eigenvalue weighted by molar-refractivity contribution is -0.120. The molecule has 5 nitrogen and oxygen atoms in total. The number of amides is 1. The van der Waals surface area contributed by atoms with E-state index in [0.717, 1.165) is 58.9 Å². The van der Waals surface area contributed by atoms with Crippen LogP contribution in [0.4, 0.5) is 4.39 Å². The summed E-state index contributed by atoms with van der Waals surface area (Å²) in [7, 11) is 0. The summed E-state index contributed by atoms with van der Waals surface area (Å²) < 4.78 is 19.0. The number of nitrogens with one attached hydrogen (secondary N) is 1. The van der Waals surface area contributed by atoms with Crippen LogP contribution in [0, 0.1) is 11.7 Å². The SMILES string of the molecule is O=C(Cc1ccccc1F)NC[C@@H]1CCN(CCN2CCOCC2)C1. The van der Waals surface area contributed by atoms with Gasteiger partial charge in [-0.15, -0.1) is 0 Å². The minimum atomic E-state index is -0.312. The molecule has 0 aromatic heterocycles. The second-order valence-corrected chi connectivity index (χ2v) is 6.98. The van der Waals surface area contributed by atoms with E-state index in [1.165, 1.54) is 6.07 Å². The van der Waals surface area contributed by atoms with Gasteiger partial charge >= 0.3 is 0 Å². The number of nitrogens with zero attached hydrogens (tertiary/aromatic N) is 2. The van der Waals surface area contributed by atoms with Gasteiger partial charge in [-0.25, -0.2) is 4.39 Å². The van der Waals surface area contributed by atoms with E-state index in [1.54, 1.807) is 18.2 Å². The highest BCUT2D eigenvalue weighted by atomic mass is 19.1. The van der Waals surface area contributed by atoms with Crippen molar-refractivity contribution in [2.75, 3.05) is 59.0 Å². The lowest BCUT2D eigenvalue weighted by Crippen LogP contribution is -2.41. The number of likely N-dealkylation sites (tertiary alicyclic amines) is 1. The maximum absolute atomic E-state index is 13.6. The van der Waals surface area contributed by atoms with Gasteiger partial charge in [-0.3, -0.25) is 9.69 Å². The van der Waals surface area contributed by atoms with E-state index in [1.807, 2.05) is 0 Å². The average Bonchev–Trinajstić information content (AvgIpc) is 3.09. The van der Waals surface area contributed by atoms with Gasteiger partial charge < -0.3 is 15.0 Å². The summed E-state index contributed by atoms with van der Waals surface area (Å²) in [5, 5.41) is 2.97. The van der Waals surface area contributed by atoms with Gasteiger partial charge in [0.15, 0.2) is 0 Å². The molecule has 2 fully saturated rings. The summed E-state index contributed by atoms with van der Waals surface area (Å²) in [6.45, 7) is 8.74. The van der Waals surface area contributed by atoms with Gasteiger partial charge in [0.2, 0.25) is 5.91 Å². The van der Waals surface area contributed by atoms with Gasteiger partial charge in [0.1, 0.15) is 5.82 Å². The van der Waals surface area contributed by atoms with Crippen molar-refractivity contribution in [1.82, 2.24) is 15.1 Å². The molecule has 0 saturated carbocycles. The van der Waals surface area contributed by atoms with Crippen LogP contribution in [0.25, 0.3) is 0 Å². The van der Waals surface area contributed by atoms with Crippen molar-refractivity contribution in [3.63, 3.8) is 0 Å². The molecule has 0 spiro atoms. The summed E-state index contributed by atoms with van der Waals surface area (Å²) in [6.07, 6.45) is 1.23. The Kier molecular flexibility index (Phi) is 6.78. The Morgan fingerprint density at radius 3 is 2.72 bits per heavy atom. The quantitative estimate of drug-likeness (QED) is 0.802. The third-order valence-corrected chi connectivity index (χ3v) is 5.10. The first-order chi connectivity index (χ1) is 12.2. The molecule has 2 aliphatic rings. The molecular formula is C19H28FN3O2. The highest BCUT2D eigenvalue weighted by Crippen LogP contribution is 2.15. The van der Waals surface area contributed by atoms with E-state index in [-0.39, 0.29) is 18.1 Å². The number of carbonyl (C=O) groups excluding carboxylic acids is 1. The average molecular weight is 349 g/mol. The van der Waals surface area contributed by atoms with Crippen molar-refractivity contribution < 1.29 is 13.9 Å². The van der Waals surface area contributed by atoms with Crippen LogP contribution in [-0.2, 0) is 16.0 Å². The zero-order chi connectivity index (χ0) is 17.5. The largest absolute Gasteiger partial charge is 0.379 e. The predicted octanol–water partition coefficient (Wildman–Crippen LogP) is 1.14. The molecule has 1 amide bonds. The predicted molar refractivity (Wildman–Crippen MR) is 94.9 cm³/mol. The van der Waals surface area contributed by atoms with Crippen molar-refractivity contribution in [3.05, 3.63) is 35.6 Å². The number of morpholine rings is 1. The first-order valence-corrected chi connectivity index (χ1v) is 9.23. The second-order valence-electron chi connectivity index (χ2n) is 6.98. The Morgan fingerprint density at radius 1 is 1.16 bits per heavy atom. The molecule has 1 N–H and O–H groups in total. The molecule has 3 rings (SSSR count). The molecule has 25 heavy (non-hydrogen) atoms. The fourth-order valence-electron chi connectivity index (χ4n) is 3.53. The number of carbonyl (C=O) groups is 1. The molecule has 2 saturated heterocycles. The maximum Gasteiger partial charge on any atom is 0.224 e. The van der Waals surface area contributed by atoms with Crippen molar-refractivity contribution >= 4 is 5.91 Å². The molecule has 2 heterocycles. The minimum absolute atomic E-state index is 0.100. The van der Waals surface area contributed by atoms with Gasteiger partial charge in [-0.05, 0) is 30.5 Å². The number of rotatable bonds is 7. The number of ether oxygens (including phenoxy) is 1. The van der Waals surface area contributed by atoms with Crippen molar-refractivity contribution in [3.8, 4) is 0 Å². The first-order valence-electron chi connectivity index (χ1n) is 9.23. The van der Waals surface area contributed by atoms with E-state index in [0.29, 0.717) is 18.0 Å². The summed E-state index contributed by atoms with van der Waals surface area (Å²) in [5.74, 6) is 0.0823. The summed E-state index contributed by atoms with van der Waals surface area (Å²) >= 11 is 0. The molecule has 0 unspecified atom stereocenters. The molecule has 0 aliphatic carbocycles. The molecule has 0 radical (unpaired) electrons. The molecule has 2 aliphatic heterocycles. The van der Waals surface area contributed by atoms with Gasteiger partial charge in [0, 0.05) is 39.3 Å². The van der Waals surface area contributed by atoms with E-state index in [9.17, 15) is 9.18 Å². The fourth-order valence-corrected chi connectivity index (χ4v) is 3.53. The first kappa shape index (κ1) is 18.3. The van der Waals surface area contributed by atoms with Crippen LogP contribution in [0.1, 0.15) is 12.0 Å². The standard InChI is InChI=1S/C19H28FN3O2/c20-18-4-2-1-3-17(18)13-19(24)21-14-16-5-6-23(15-16)8-7-22-9-11-25-12-10-22/h1-4,16H,5-15H2,(H,21,24)/t16-/m0/s1. The van der Waals surface area contributed by atoms with Crippen LogP contribution >= 0.6 is 0 Å². The highest BCUT2D eigenvalue weighted by molar-refractivity contribution is 5.78. The molecule has 138 valence electrons. The molecule has 1 aromatic rings. The lowest BCUT2D eigenvalue weighted by atomic mass is 10.1. The summed E-state index contributed by atoms with van der Waals surface area (Å²) in [6, 6.07) is 6.46. The van der Waals surface area contributed by atoms with Crippen LogP contribution in [0.3, 0.4) is 0 Å². The van der Waals surface area contributed by atoms with Crippen LogP contribution in [0.5, 0.6) is 0 Å². The Balaban J connectivity index is 1.32. The van der Waals surface area contributed by atoms with Gasteiger partial charge in [-0.2, -0.15) is 0 Å². The highest BCUT2D eigenvalue weighted by Gasteiger charge is 2.23. The van der Waals surface area contributed by atoms with E-state index in [4.69, 9.17) is 4.74 Å². The number of hydrogen-bond acceptors (Lipinski definition) is 4. The van der Waals surface area contributed by atoms with E-state index in [2.05, 4.69) is 15.1 Å². The van der Waals surface area contributed by atoms with Crippen LogP contribution in [-0.4, -0.2) is 74.7 Å². The van der Waals surface area contributed by atoms with Gasteiger partial charge in [0.25, 0.3) is 0 Å². The monoisotopic (exact) mass is 349 g/mol. The number of benzene rings is 1. The Labute approximate surface area is 149 Å². The smallest absolute Gasteiger partial charge is 0.224 e. The van der Waals surface area contributed by atoms with Crippen molar-refractivity contribution in [1.29, 1.82) is 0 Å². The Morgan fingerprint density at radius 2 is 1.92 bits per heavy atom.